The second-order valence-corrected chi connectivity index (χ2v) is 6.47. The van der Waals surface area contributed by atoms with Crippen LogP contribution in [-0.4, -0.2) is 9.97 Å². The predicted molar refractivity (Wildman–Crippen MR) is 108 cm³/mol. The van der Waals surface area contributed by atoms with Gasteiger partial charge in [-0.2, -0.15) is 5.26 Å². The number of hydrogen-bond acceptors (Lipinski definition) is 5. The number of nitriles is 1. The van der Waals surface area contributed by atoms with E-state index in [2.05, 4.69) is 34.5 Å². The highest BCUT2D eigenvalue weighted by Crippen LogP contribution is 2.27. The van der Waals surface area contributed by atoms with Crippen molar-refractivity contribution in [3.8, 4) is 17.2 Å². The van der Waals surface area contributed by atoms with Crippen LogP contribution in [0.15, 0.2) is 48.5 Å². The topological polar surface area (TPSA) is 87.6 Å². The first-order valence-corrected chi connectivity index (χ1v) is 9.07. The normalized spacial score (nSPS) is 10.4. The van der Waals surface area contributed by atoms with Gasteiger partial charge in [-0.15, -0.1) is 0 Å². The van der Waals surface area contributed by atoms with Crippen LogP contribution in [0.25, 0.3) is 11.1 Å². The van der Waals surface area contributed by atoms with E-state index in [0.717, 1.165) is 40.8 Å². The fourth-order valence-electron chi connectivity index (χ4n) is 3.27. The van der Waals surface area contributed by atoms with Crippen LogP contribution in [0.5, 0.6) is 0 Å². The first kappa shape index (κ1) is 18.6. The molecule has 5 heteroatoms. The van der Waals surface area contributed by atoms with Crippen molar-refractivity contribution in [2.75, 3.05) is 5.43 Å². The van der Waals surface area contributed by atoms with Gasteiger partial charge in [-0.05, 0) is 36.1 Å². The van der Waals surface area contributed by atoms with Crippen molar-refractivity contribution < 1.29 is 0 Å². The van der Waals surface area contributed by atoms with Crippen molar-refractivity contribution in [1.29, 1.82) is 5.26 Å². The third kappa shape index (κ3) is 4.13. The van der Waals surface area contributed by atoms with E-state index in [1.165, 1.54) is 0 Å². The second-order valence-electron chi connectivity index (χ2n) is 6.47. The van der Waals surface area contributed by atoms with Crippen LogP contribution in [0, 0.1) is 18.3 Å². The van der Waals surface area contributed by atoms with Gasteiger partial charge in [0.05, 0.1) is 11.6 Å². The zero-order valence-corrected chi connectivity index (χ0v) is 15.7. The molecule has 0 fully saturated rings. The van der Waals surface area contributed by atoms with E-state index in [1.807, 2.05) is 49.4 Å². The fourth-order valence-corrected chi connectivity index (χ4v) is 3.27. The Balaban J connectivity index is 2.01. The number of aromatic nitrogens is 2. The molecule has 27 heavy (non-hydrogen) atoms. The minimum Gasteiger partial charge on any atom is -0.308 e. The Bertz CT molecular complexity index is 974. The van der Waals surface area contributed by atoms with E-state index in [4.69, 9.17) is 5.84 Å². The molecular formula is C22H23N5. The Labute approximate surface area is 159 Å². The molecule has 1 heterocycles. The SMILES string of the molecule is CCCc1nc(C)nc(NN)c1Cc1ccc(-c2ccccc2)c(C#N)c1. The van der Waals surface area contributed by atoms with E-state index in [-0.39, 0.29) is 0 Å². The number of aryl methyl sites for hydroxylation is 2. The Hall–Kier alpha value is -3.23. The third-order valence-electron chi connectivity index (χ3n) is 4.50. The van der Waals surface area contributed by atoms with Gasteiger partial charge in [-0.25, -0.2) is 15.8 Å². The summed E-state index contributed by atoms with van der Waals surface area (Å²) in [5.74, 6) is 7.05. The molecular weight excluding hydrogens is 334 g/mol. The van der Waals surface area contributed by atoms with Gasteiger partial charge in [-0.1, -0.05) is 55.8 Å². The average molecular weight is 357 g/mol. The minimum atomic E-state index is 0.624. The molecule has 3 rings (SSSR count). The molecule has 1 aromatic heterocycles. The summed E-state index contributed by atoms with van der Waals surface area (Å²) in [6.45, 7) is 3.99. The highest BCUT2D eigenvalue weighted by atomic mass is 15.3. The molecule has 0 saturated heterocycles. The number of nitrogens with one attached hydrogen (secondary N) is 1. The molecule has 0 aliphatic rings. The lowest BCUT2D eigenvalue weighted by atomic mass is 9.95. The number of nitrogens with two attached hydrogens (primary N) is 1. The molecule has 5 nitrogen and oxygen atoms in total. The number of anilines is 1. The lowest BCUT2D eigenvalue weighted by Gasteiger charge is -2.14. The number of nitrogen functional groups attached to an aromatic ring is 1. The highest BCUT2D eigenvalue weighted by Gasteiger charge is 2.14. The summed E-state index contributed by atoms with van der Waals surface area (Å²) in [5.41, 5.74) is 8.36. The lowest BCUT2D eigenvalue weighted by Crippen LogP contribution is -2.15. The van der Waals surface area contributed by atoms with Gasteiger partial charge in [0.25, 0.3) is 0 Å². The van der Waals surface area contributed by atoms with Crippen molar-refractivity contribution in [3.63, 3.8) is 0 Å². The van der Waals surface area contributed by atoms with Gasteiger partial charge in [0, 0.05) is 17.7 Å². The monoisotopic (exact) mass is 357 g/mol. The summed E-state index contributed by atoms with van der Waals surface area (Å²) < 4.78 is 0. The van der Waals surface area contributed by atoms with Gasteiger partial charge in [0.15, 0.2) is 0 Å². The molecule has 0 spiro atoms. The Kier molecular flexibility index (Phi) is 5.80. The van der Waals surface area contributed by atoms with Gasteiger partial charge in [-0.3, -0.25) is 0 Å². The van der Waals surface area contributed by atoms with Crippen molar-refractivity contribution in [2.45, 2.75) is 33.1 Å². The van der Waals surface area contributed by atoms with Gasteiger partial charge >= 0.3 is 0 Å². The molecule has 0 saturated carbocycles. The van der Waals surface area contributed by atoms with E-state index in [1.54, 1.807) is 0 Å². The summed E-state index contributed by atoms with van der Waals surface area (Å²) in [7, 11) is 0. The number of hydrazine groups is 1. The number of hydrogen-bond donors (Lipinski definition) is 2. The molecule has 0 aliphatic heterocycles. The Morgan fingerprint density at radius 3 is 2.56 bits per heavy atom. The maximum absolute atomic E-state index is 9.64. The highest BCUT2D eigenvalue weighted by molar-refractivity contribution is 5.71. The van der Waals surface area contributed by atoms with Crippen molar-refractivity contribution >= 4 is 5.82 Å². The van der Waals surface area contributed by atoms with Gasteiger partial charge in [0.1, 0.15) is 11.6 Å². The summed E-state index contributed by atoms with van der Waals surface area (Å²) in [4.78, 5) is 9.03. The van der Waals surface area contributed by atoms with Crippen LogP contribution in [0.3, 0.4) is 0 Å². The molecule has 0 unspecified atom stereocenters. The lowest BCUT2D eigenvalue weighted by molar-refractivity contribution is 0.833. The summed E-state index contributed by atoms with van der Waals surface area (Å²) in [6.07, 6.45) is 2.48. The third-order valence-corrected chi connectivity index (χ3v) is 4.50. The number of benzene rings is 2. The predicted octanol–water partition coefficient (Wildman–Crippen LogP) is 4.15. The van der Waals surface area contributed by atoms with Crippen LogP contribution in [0.2, 0.25) is 0 Å². The smallest absolute Gasteiger partial charge is 0.147 e. The second kappa shape index (κ2) is 8.43. The molecule has 0 amide bonds. The summed E-state index contributed by atoms with van der Waals surface area (Å²) in [5, 5.41) is 9.64. The first-order valence-electron chi connectivity index (χ1n) is 9.07. The number of rotatable bonds is 6. The molecule has 0 aliphatic carbocycles. The quantitative estimate of drug-likeness (QED) is 0.511. The molecule has 136 valence electrons. The van der Waals surface area contributed by atoms with Gasteiger partial charge in [0.2, 0.25) is 0 Å². The van der Waals surface area contributed by atoms with E-state index < -0.39 is 0 Å². The molecule has 0 atom stereocenters. The maximum Gasteiger partial charge on any atom is 0.147 e. The molecule has 3 aromatic rings. The van der Waals surface area contributed by atoms with Crippen molar-refractivity contribution in [1.82, 2.24) is 9.97 Å². The molecule has 0 bridgehead atoms. The average Bonchev–Trinajstić information content (AvgIpc) is 2.70. The van der Waals surface area contributed by atoms with E-state index >= 15 is 0 Å². The fraction of sp³-hybridized carbons (Fsp3) is 0.227. The van der Waals surface area contributed by atoms with Crippen LogP contribution in [-0.2, 0) is 12.8 Å². The zero-order chi connectivity index (χ0) is 19.2. The zero-order valence-electron chi connectivity index (χ0n) is 15.7. The van der Waals surface area contributed by atoms with Crippen molar-refractivity contribution in [2.24, 2.45) is 5.84 Å². The molecule has 2 aromatic carbocycles. The maximum atomic E-state index is 9.64. The number of nitrogens with zero attached hydrogens (tertiary/aromatic N) is 3. The standard InChI is InChI=1S/C22H23N5/c1-3-7-21-20(22(27-24)26-15(2)25-21)13-16-10-11-19(18(12-16)14-23)17-8-5-4-6-9-17/h4-6,8-12H,3,7,13,24H2,1-2H3,(H,25,26,27). The largest absolute Gasteiger partial charge is 0.308 e. The van der Waals surface area contributed by atoms with Crippen molar-refractivity contribution in [3.05, 3.63) is 76.7 Å². The van der Waals surface area contributed by atoms with E-state index in [0.29, 0.717) is 23.6 Å². The summed E-state index contributed by atoms with van der Waals surface area (Å²) in [6, 6.07) is 18.3. The van der Waals surface area contributed by atoms with Crippen LogP contribution in [0.4, 0.5) is 5.82 Å². The van der Waals surface area contributed by atoms with Crippen LogP contribution < -0.4 is 11.3 Å². The molecule has 0 radical (unpaired) electrons. The Morgan fingerprint density at radius 1 is 1.11 bits per heavy atom. The van der Waals surface area contributed by atoms with Crippen LogP contribution >= 0.6 is 0 Å². The minimum absolute atomic E-state index is 0.624. The molecule has 3 N–H and O–H groups in total. The van der Waals surface area contributed by atoms with E-state index in [9.17, 15) is 5.26 Å². The first-order chi connectivity index (χ1) is 13.2. The Morgan fingerprint density at radius 2 is 1.89 bits per heavy atom. The summed E-state index contributed by atoms with van der Waals surface area (Å²) >= 11 is 0. The van der Waals surface area contributed by atoms with Crippen LogP contribution in [0.1, 0.15) is 41.6 Å². The van der Waals surface area contributed by atoms with Gasteiger partial charge < -0.3 is 5.43 Å².